The number of carbonyl (C=O) groups is 7. The lowest BCUT2D eigenvalue weighted by Crippen LogP contribution is -2.42. The number of unbranched alkanes of at least 4 members (excludes halogenated alkanes) is 40. The minimum atomic E-state index is -4.79. The maximum Gasteiger partial charge on any atom is 0.472 e. The number of hydrogen-bond donors (Lipinski definition) is 6. The maximum absolute atomic E-state index is 13.3. The molecule has 0 aliphatic carbocycles. The molecule has 0 aromatic carbocycles. The molecule has 4 amide bonds. The number of rotatable bonds is 85. The number of nitrogens with one attached hydrogen (secondary N) is 4. The van der Waals surface area contributed by atoms with E-state index in [4.69, 9.17) is 37.0 Å². The molecule has 0 radical (unpaired) electrons. The third-order valence-corrected chi connectivity index (χ3v) is 21.6. The number of phosphoric acid groups is 2. The van der Waals surface area contributed by atoms with Crippen LogP contribution in [-0.4, -0.2) is 141 Å². The van der Waals surface area contributed by atoms with Gasteiger partial charge >= 0.3 is 33.6 Å². The van der Waals surface area contributed by atoms with Crippen LogP contribution in [0.25, 0.3) is 0 Å². The van der Waals surface area contributed by atoms with Crippen LogP contribution in [-0.2, 0) is 74.9 Å². The van der Waals surface area contributed by atoms with Crippen molar-refractivity contribution >= 4 is 57.0 Å². The Kier molecular flexibility index (Phi) is 74.8. The predicted octanol–water partition coefficient (Wildman–Crippen LogP) is 20.9. The number of hydrogen-bond acceptors (Lipinski definition) is 17. The highest BCUT2D eigenvalue weighted by atomic mass is 31.2. The Morgan fingerprint density at radius 2 is 0.587 bits per heavy atom. The first kappa shape index (κ1) is 106. The molecule has 0 saturated carbocycles. The Hall–Kier alpha value is -3.37. The number of urea groups is 1. The minimum Gasteiger partial charge on any atom is -0.462 e. The van der Waals surface area contributed by atoms with Gasteiger partial charge in [-0.25, -0.2) is 13.9 Å². The quantitative estimate of drug-likeness (QED) is 0.0143. The number of ketones is 2. The van der Waals surface area contributed by atoms with Crippen molar-refractivity contribution in [3.8, 4) is 0 Å². The van der Waals surface area contributed by atoms with Crippen LogP contribution in [0.5, 0.6) is 0 Å². The van der Waals surface area contributed by atoms with Gasteiger partial charge in [0.15, 0.2) is 0 Å². The van der Waals surface area contributed by atoms with Crippen LogP contribution in [0.1, 0.15) is 408 Å². The number of esters is 2. The van der Waals surface area contributed by atoms with E-state index in [0.29, 0.717) is 57.8 Å². The Labute approximate surface area is 662 Å². The van der Waals surface area contributed by atoms with E-state index in [9.17, 15) is 52.5 Å². The SMILES string of the molecule is CCCCCCCCCCCC(=O)CC(=O)N[C@H](COCC[C@@H](CCCCCCC)OC(=O)CCCCCCCCCCC)COP(=O)(O)OCCNC(=O)NCCOP(=O)(O)OCC[C@@H](COCC[C@@H](CCCCCCC)OC(=O)CCCCCCCCCCC)NC(=O)CC(=O)CCCCCCCCCCC. The van der Waals surface area contributed by atoms with Gasteiger partial charge in [0.1, 0.15) is 23.8 Å². The molecular formula is C84H162N4O19P2. The molecule has 0 bridgehead atoms. The summed E-state index contributed by atoms with van der Waals surface area (Å²) in [5.41, 5.74) is 0. The normalized spacial score (nSPS) is 13.8. The Morgan fingerprint density at radius 3 is 0.936 bits per heavy atom. The van der Waals surface area contributed by atoms with Crippen molar-refractivity contribution in [2.75, 3.05) is 65.9 Å². The zero-order valence-corrected chi connectivity index (χ0v) is 71.7. The molecule has 23 nitrogen and oxygen atoms in total. The Balaban J connectivity index is 5.62. The highest BCUT2D eigenvalue weighted by molar-refractivity contribution is 7.47. The molecule has 0 spiro atoms. The third-order valence-electron chi connectivity index (χ3n) is 19.6. The smallest absolute Gasteiger partial charge is 0.462 e. The molecule has 0 aromatic rings. The lowest BCUT2D eigenvalue weighted by Gasteiger charge is -2.22. The first-order chi connectivity index (χ1) is 52.8. The summed E-state index contributed by atoms with van der Waals surface area (Å²) in [6.45, 7) is 11.0. The molecule has 109 heavy (non-hydrogen) atoms. The van der Waals surface area contributed by atoms with Crippen molar-refractivity contribution in [3.63, 3.8) is 0 Å². The fourth-order valence-corrected chi connectivity index (χ4v) is 14.5. The van der Waals surface area contributed by atoms with Gasteiger partial charge in [-0.3, -0.25) is 46.9 Å². The van der Waals surface area contributed by atoms with Gasteiger partial charge in [0, 0.05) is 51.6 Å². The number of phosphoric ester groups is 2. The summed E-state index contributed by atoms with van der Waals surface area (Å²) in [6.07, 6.45) is 52.9. The van der Waals surface area contributed by atoms with E-state index in [1.165, 1.54) is 141 Å². The molecule has 0 aromatic heterocycles. The maximum atomic E-state index is 13.3. The molecule has 2 unspecified atom stereocenters. The zero-order valence-electron chi connectivity index (χ0n) is 69.9. The van der Waals surface area contributed by atoms with Crippen LogP contribution in [0.3, 0.4) is 0 Å². The van der Waals surface area contributed by atoms with Gasteiger partial charge in [0.05, 0.1) is 77.8 Å². The van der Waals surface area contributed by atoms with Crippen molar-refractivity contribution in [3.05, 3.63) is 0 Å². The molecule has 642 valence electrons. The highest BCUT2D eigenvalue weighted by Crippen LogP contribution is 2.44. The van der Waals surface area contributed by atoms with Crippen LogP contribution in [0, 0.1) is 0 Å². The first-order valence-electron chi connectivity index (χ1n) is 44.2. The van der Waals surface area contributed by atoms with Gasteiger partial charge in [-0.15, -0.1) is 0 Å². The van der Waals surface area contributed by atoms with E-state index < -0.39 is 65.4 Å². The summed E-state index contributed by atoms with van der Waals surface area (Å²) in [4.78, 5) is 112. The topological polar surface area (TPSA) is 316 Å². The van der Waals surface area contributed by atoms with Gasteiger partial charge in [0.25, 0.3) is 0 Å². The Bertz CT molecular complexity index is 2290. The summed E-state index contributed by atoms with van der Waals surface area (Å²) in [6, 6.07) is -2.45. The van der Waals surface area contributed by atoms with E-state index in [0.717, 1.165) is 141 Å². The van der Waals surface area contributed by atoms with Crippen molar-refractivity contribution in [1.82, 2.24) is 21.3 Å². The molecule has 6 N–H and O–H groups in total. The molecule has 0 fully saturated rings. The molecule has 0 aliphatic heterocycles. The monoisotopic (exact) mass is 1590 g/mol. The standard InChI is InChI=1S/C84H162N4O19P2/c1-7-13-19-25-29-33-37-43-47-53-76(89)69-80(91)87-74(71-100-64-60-78(55-49-41-23-17-11-5)106-82(93)57-51-45-39-35-31-27-21-15-9-3)59-66-102-108(96,97)103-67-62-85-84(95)86-63-68-104-109(98,99)105-73-75(88-81(92)70-77(90)54-48-44-38-34-30-26-20-14-8-2)72-101-65-61-79(56-50-42-24-18-12-6)107-83(94)58-52-46-40-36-32-28-22-16-10-4/h74-75,78-79H,7-73H2,1-6H3,(H,87,91)(H,88,92)(H,96,97)(H,98,99)(H2,85,86,95)/t74-,75+,78+,79+/m0/s1. The summed E-state index contributed by atoms with van der Waals surface area (Å²) < 4.78 is 71.1. The second-order valence-corrected chi connectivity index (χ2v) is 33.2. The summed E-state index contributed by atoms with van der Waals surface area (Å²) in [5, 5.41) is 10.5. The molecule has 0 heterocycles. The van der Waals surface area contributed by atoms with E-state index in [1.807, 2.05) is 0 Å². The summed E-state index contributed by atoms with van der Waals surface area (Å²) in [5.74, 6) is -1.93. The lowest BCUT2D eigenvalue weighted by atomic mass is 10.0. The molecular weight excluding hydrogens is 1430 g/mol. The largest absolute Gasteiger partial charge is 0.472 e. The molecule has 0 rings (SSSR count). The van der Waals surface area contributed by atoms with Gasteiger partial charge in [0.2, 0.25) is 11.8 Å². The van der Waals surface area contributed by atoms with E-state index in [2.05, 4.69) is 62.8 Å². The van der Waals surface area contributed by atoms with Gasteiger partial charge in [-0.2, -0.15) is 0 Å². The number of ether oxygens (including phenoxy) is 4. The second kappa shape index (κ2) is 77.2. The summed E-state index contributed by atoms with van der Waals surface area (Å²) in [7, 11) is -9.48. The van der Waals surface area contributed by atoms with E-state index >= 15 is 0 Å². The van der Waals surface area contributed by atoms with E-state index in [1.54, 1.807) is 0 Å². The Morgan fingerprint density at radius 1 is 0.303 bits per heavy atom. The summed E-state index contributed by atoms with van der Waals surface area (Å²) >= 11 is 0. The average Bonchev–Trinajstić information content (AvgIpc) is 0.931. The minimum absolute atomic E-state index is 0.0117. The highest BCUT2D eigenvalue weighted by Gasteiger charge is 2.27. The van der Waals surface area contributed by atoms with Gasteiger partial charge < -0.3 is 50.0 Å². The molecule has 25 heteroatoms. The van der Waals surface area contributed by atoms with Crippen molar-refractivity contribution in [1.29, 1.82) is 0 Å². The molecule has 0 saturated heterocycles. The predicted molar refractivity (Wildman–Crippen MR) is 437 cm³/mol. The fourth-order valence-electron chi connectivity index (χ4n) is 13.0. The molecule has 6 atom stereocenters. The average molecular weight is 1590 g/mol. The lowest BCUT2D eigenvalue weighted by molar-refractivity contribution is -0.151. The van der Waals surface area contributed by atoms with Crippen molar-refractivity contribution in [2.24, 2.45) is 0 Å². The zero-order chi connectivity index (χ0) is 80.2. The van der Waals surface area contributed by atoms with Crippen LogP contribution in [0.15, 0.2) is 0 Å². The number of amides is 4. The van der Waals surface area contributed by atoms with Crippen LogP contribution >= 0.6 is 15.6 Å². The van der Waals surface area contributed by atoms with Crippen molar-refractivity contribution < 1.29 is 89.5 Å². The fraction of sp³-hybridized carbons (Fsp3) is 0.917. The van der Waals surface area contributed by atoms with Gasteiger partial charge in [-0.1, -0.05) is 298 Å². The van der Waals surface area contributed by atoms with E-state index in [-0.39, 0.29) is 108 Å². The van der Waals surface area contributed by atoms with Crippen LogP contribution in [0.4, 0.5) is 4.79 Å². The number of Topliss-reactive ketones (excluding diaryl/α,β-unsaturated/α-hetero) is 2. The van der Waals surface area contributed by atoms with Gasteiger partial charge in [-0.05, 0) is 57.8 Å². The van der Waals surface area contributed by atoms with Crippen molar-refractivity contribution in [2.45, 2.75) is 432 Å². The first-order valence-corrected chi connectivity index (χ1v) is 47.2. The third kappa shape index (κ3) is 74.5. The van der Waals surface area contributed by atoms with Crippen LogP contribution in [0.2, 0.25) is 0 Å². The van der Waals surface area contributed by atoms with Crippen LogP contribution < -0.4 is 21.3 Å². The molecule has 0 aliphatic rings. The number of carbonyl (C=O) groups excluding carboxylic acids is 7. The second-order valence-electron chi connectivity index (χ2n) is 30.3.